The molecular formula is C14H18ClNO4. The average molecular weight is 300 g/mol. The first-order chi connectivity index (χ1) is 9.30. The van der Waals surface area contributed by atoms with Crippen molar-refractivity contribution in [3.63, 3.8) is 0 Å². The van der Waals surface area contributed by atoms with Crippen molar-refractivity contribution in [3.05, 3.63) is 23.8 Å². The molecule has 0 spiro atoms. The third-order valence-corrected chi connectivity index (χ3v) is 3.43. The van der Waals surface area contributed by atoms with Gasteiger partial charge < -0.3 is 19.8 Å². The van der Waals surface area contributed by atoms with Gasteiger partial charge in [-0.2, -0.15) is 0 Å². The lowest BCUT2D eigenvalue weighted by Gasteiger charge is -2.42. The average Bonchev–Trinajstić information content (AvgIpc) is 2.34. The van der Waals surface area contributed by atoms with Gasteiger partial charge in [-0.1, -0.05) is 0 Å². The number of morpholine rings is 1. The number of aromatic hydroxyl groups is 2. The summed E-state index contributed by atoms with van der Waals surface area (Å²) in [6, 6.07) is 3.85. The van der Waals surface area contributed by atoms with E-state index in [0.29, 0.717) is 19.0 Å². The maximum atomic E-state index is 12.5. The molecule has 2 rings (SSSR count). The molecule has 1 aliphatic rings. The summed E-state index contributed by atoms with van der Waals surface area (Å²) in [6.45, 7) is 4.61. The van der Waals surface area contributed by atoms with Gasteiger partial charge in [-0.25, -0.2) is 0 Å². The van der Waals surface area contributed by atoms with Crippen molar-refractivity contribution in [1.82, 2.24) is 4.90 Å². The third kappa shape index (κ3) is 3.35. The van der Waals surface area contributed by atoms with Gasteiger partial charge in [0.1, 0.15) is 11.5 Å². The fourth-order valence-electron chi connectivity index (χ4n) is 2.43. The second kappa shape index (κ2) is 5.50. The number of amides is 1. The minimum atomic E-state index is -0.480. The number of nitrogens with zero attached hydrogens (tertiary/aromatic N) is 1. The monoisotopic (exact) mass is 299 g/mol. The van der Waals surface area contributed by atoms with E-state index in [9.17, 15) is 15.0 Å². The Morgan fingerprint density at radius 3 is 2.55 bits per heavy atom. The highest BCUT2D eigenvalue weighted by Crippen LogP contribution is 2.26. The SMILES string of the molecule is CC1(C)CN(C(=O)c2cc(O)cc(O)c2)CC(CCl)O1. The van der Waals surface area contributed by atoms with E-state index in [2.05, 4.69) is 0 Å². The van der Waals surface area contributed by atoms with E-state index < -0.39 is 5.60 Å². The van der Waals surface area contributed by atoms with E-state index in [1.807, 2.05) is 13.8 Å². The van der Waals surface area contributed by atoms with Crippen LogP contribution in [-0.4, -0.2) is 51.7 Å². The molecule has 6 heteroatoms. The summed E-state index contributed by atoms with van der Waals surface area (Å²) in [4.78, 5) is 14.1. The largest absolute Gasteiger partial charge is 0.508 e. The molecule has 1 saturated heterocycles. The lowest BCUT2D eigenvalue weighted by molar-refractivity contribution is -0.117. The zero-order valence-electron chi connectivity index (χ0n) is 11.5. The van der Waals surface area contributed by atoms with Gasteiger partial charge in [-0.3, -0.25) is 4.79 Å². The van der Waals surface area contributed by atoms with Gasteiger partial charge in [0, 0.05) is 24.7 Å². The van der Waals surface area contributed by atoms with E-state index in [0.717, 1.165) is 0 Å². The van der Waals surface area contributed by atoms with Crippen molar-refractivity contribution in [2.24, 2.45) is 0 Å². The molecule has 1 fully saturated rings. The van der Waals surface area contributed by atoms with Crippen LogP contribution in [0.5, 0.6) is 11.5 Å². The van der Waals surface area contributed by atoms with Crippen molar-refractivity contribution < 1.29 is 19.7 Å². The molecule has 0 saturated carbocycles. The van der Waals surface area contributed by atoms with Crippen LogP contribution < -0.4 is 0 Å². The Morgan fingerprint density at radius 1 is 1.40 bits per heavy atom. The molecule has 1 heterocycles. The summed E-state index contributed by atoms with van der Waals surface area (Å²) < 4.78 is 5.76. The van der Waals surface area contributed by atoms with Crippen LogP contribution in [0.3, 0.4) is 0 Å². The van der Waals surface area contributed by atoms with Gasteiger partial charge in [0.25, 0.3) is 5.91 Å². The number of phenolic OH excluding ortho intramolecular Hbond substituents is 2. The Hall–Kier alpha value is -1.46. The Bertz CT molecular complexity index is 498. The standard InChI is InChI=1S/C14H18ClNO4/c1-14(2)8-16(7-12(6-15)20-14)13(19)9-3-10(17)5-11(18)4-9/h3-5,12,17-18H,6-8H2,1-2H3. The number of hydrogen-bond acceptors (Lipinski definition) is 4. The number of benzene rings is 1. The number of carbonyl (C=O) groups is 1. The van der Waals surface area contributed by atoms with E-state index in [1.54, 1.807) is 4.90 Å². The number of rotatable bonds is 2. The predicted molar refractivity (Wildman–Crippen MR) is 75.3 cm³/mol. The zero-order valence-corrected chi connectivity index (χ0v) is 12.2. The molecule has 0 radical (unpaired) electrons. The number of halogens is 1. The molecule has 0 bridgehead atoms. The fraction of sp³-hybridized carbons (Fsp3) is 0.500. The van der Waals surface area contributed by atoms with E-state index in [-0.39, 0.29) is 29.1 Å². The lowest BCUT2D eigenvalue weighted by atomic mass is 10.0. The summed E-state index contributed by atoms with van der Waals surface area (Å²) in [5.41, 5.74) is -0.236. The molecule has 1 aliphatic heterocycles. The molecule has 0 aliphatic carbocycles. The molecule has 1 unspecified atom stereocenters. The van der Waals surface area contributed by atoms with Crippen molar-refractivity contribution >= 4 is 17.5 Å². The molecule has 110 valence electrons. The van der Waals surface area contributed by atoms with Crippen LogP contribution in [0, 0.1) is 0 Å². The number of hydrogen-bond donors (Lipinski definition) is 2. The molecule has 1 amide bonds. The van der Waals surface area contributed by atoms with Crippen LogP contribution in [0.2, 0.25) is 0 Å². The molecule has 1 aromatic rings. The van der Waals surface area contributed by atoms with Crippen LogP contribution >= 0.6 is 11.6 Å². The van der Waals surface area contributed by atoms with Crippen molar-refractivity contribution in [1.29, 1.82) is 0 Å². The molecule has 2 N–H and O–H groups in total. The topological polar surface area (TPSA) is 70.0 Å². The third-order valence-electron chi connectivity index (χ3n) is 3.09. The van der Waals surface area contributed by atoms with Crippen molar-refractivity contribution in [2.45, 2.75) is 25.6 Å². The molecule has 1 atom stereocenters. The van der Waals surface area contributed by atoms with Gasteiger partial charge in [0.05, 0.1) is 17.6 Å². The first-order valence-corrected chi connectivity index (χ1v) is 6.90. The smallest absolute Gasteiger partial charge is 0.254 e. The Kier molecular flexibility index (Phi) is 4.11. The number of phenols is 2. The van der Waals surface area contributed by atoms with Crippen molar-refractivity contribution in [2.75, 3.05) is 19.0 Å². The predicted octanol–water partition coefficient (Wildman–Crippen LogP) is 1.96. The normalized spacial score (nSPS) is 21.8. The fourth-order valence-corrected chi connectivity index (χ4v) is 2.59. The summed E-state index contributed by atoms with van der Waals surface area (Å²) in [7, 11) is 0. The molecule has 0 aromatic heterocycles. The summed E-state index contributed by atoms with van der Waals surface area (Å²) in [5, 5.41) is 18.9. The number of alkyl halides is 1. The highest BCUT2D eigenvalue weighted by atomic mass is 35.5. The maximum absolute atomic E-state index is 12.5. The Balaban J connectivity index is 2.23. The second-order valence-electron chi connectivity index (χ2n) is 5.58. The number of ether oxygens (including phenoxy) is 1. The minimum absolute atomic E-state index is 0.144. The van der Waals surface area contributed by atoms with Crippen LogP contribution in [-0.2, 0) is 4.74 Å². The zero-order chi connectivity index (χ0) is 14.9. The molecule has 5 nitrogen and oxygen atoms in total. The van der Waals surface area contributed by atoms with E-state index in [4.69, 9.17) is 16.3 Å². The van der Waals surface area contributed by atoms with Crippen LogP contribution in [0.1, 0.15) is 24.2 Å². The summed E-state index contributed by atoms with van der Waals surface area (Å²) in [6.07, 6.45) is -0.227. The lowest BCUT2D eigenvalue weighted by Crippen LogP contribution is -2.55. The Labute approximate surface area is 122 Å². The first kappa shape index (κ1) is 14.9. The van der Waals surface area contributed by atoms with Crippen LogP contribution in [0.15, 0.2) is 18.2 Å². The highest BCUT2D eigenvalue weighted by molar-refractivity contribution is 6.18. The van der Waals surface area contributed by atoms with Crippen LogP contribution in [0.25, 0.3) is 0 Å². The van der Waals surface area contributed by atoms with Crippen LogP contribution in [0.4, 0.5) is 0 Å². The highest BCUT2D eigenvalue weighted by Gasteiger charge is 2.35. The number of carbonyl (C=O) groups excluding carboxylic acids is 1. The molecular weight excluding hydrogens is 282 g/mol. The Morgan fingerprint density at radius 2 is 2.00 bits per heavy atom. The summed E-state index contributed by atoms with van der Waals surface area (Å²) >= 11 is 5.83. The second-order valence-corrected chi connectivity index (χ2v) is 5.89. The maximum Gasteiger partial charge on any atom is 0.254 e. The quantitative estimate of drug-likeness (QED) is 0.819. The van der Waals surface area contributed by atoms with E-state index in [1.165, 1.54) is 18.2 Å². The summed E-state index contributed by atoms with van der Waals surface area (Å²) in [5.74, 6) is -0.245. The van der Waals surface area contributed by atoms with Gasteiger partial charge in [-0.05, 0) is 26.0 Å². The first-order valence-electron chi connectivity index (χ1n) is 6.37. The minimum Gasteiger partial charge on any atom is -0.508 e. The van der Waals surface area contributed by atoms with E-state index >= 15 is 0 Å². The molecule has 1 aromatic carbocycles. The van der Waals surface area contributed by atoms with Gasteiger partial charge in [-0.15, -0.1) is 11.6 Å². The van der Waals surface area contributed by atoms with Gasteiger partial charge in [0.2, 0.25) is 0 Å². The van der Waals surface area contributed by atoms with Crippen molar-refractivity contribution in [3.8, 4) is 11.5 Å². The van der Waals surface area contributed by atoms with Gasteiger partial charge >= 0.3 is 0 Å². The van der Waals surface area contributed by atoms with Gasteiger partial charge in [0.15, 0.2) is 0 Å². The molecule has 20 heavy (non-hydrogen) atoms.